The van der Waals surface area contributed by atoms with Crippen LogP contribution in [-0.4, -0.2) is 17.3 Å². The quantitative estimate of drug-likeness (QED) is 0.737. The molecular formula is C16H27NO. The minimum Gasteiger partial charge on any atom is -0.389 e. The van der Waals surface area contributed by atoms with Gasteiger partial charge in [0.05, 0.1) is 5.60 Å². The molecule has 0 aliphatic carbocycles. The lowest BCUT2D eigenvalue weighted by Crippen LogP contribution is -2.39. The Balaban J connectivity index is 2.59. The number of rotatable bonds is 8. The van der Waals surface area contributed by atoms with Crippen molar-refractivity contribution in [1.29, 1.82) is 0 Å². The fraction of sp³-hybridized carbons (Fsp3) is 0.625. The van der Waals surface area contributed by atoms with Crippen molar-refractivity contribution in [2.45, 2.75) is 58.1 Å². The summed E-state index contributed by atoms with van der Waals surface area (Å²) < 4.78 is 0. The SMILES string of the molecule is CCCC(NCC(C)(O)CCC)c1ccccc1. The fourth-order valence-corrected chi connectivity index (χ4v) is 2.33. The monoisotopic (exact) mass is 249 g/mol. The van der Waals surface area contributed by atoms with Crippen LogP contribution in [0, 0.1) is 0 Å². The average molecular weight is 249 g/mol. The highest BCUT2D eigenvalue weighted by Crippen LogP contribution is 2.20. The Hall–Kier alpha value is -0.860. The molecule has 0 radical (unpaired) electrons. The zero-order valence-electron chi connectivity index (χ0n) is 11.9. The van der Waals surface area contributed by atoms with Crippen molar-refractivity contribution in [2.24, 2.45) is 0 Å². The van der Waals surface area contributed by atoms with Gasteiger partial charge >= 0.3 is 0 Å². The molecule has 2 N–H and O–H groups in total. The zero-order chi connectivity index (χ0) is 13.4. The molecule has 0 amide bonds. The molecular weight excluding hydrogens is 222 g/mol. The second kappa shape index (κ2) is 7.55. The third-order valence-corrected chi connectivity index (χ3v) is 3.30. The van der Waals surface area contributed by atoms with Gasteiger partial charge in [-0.3, -0.25) is 0 Å². The van der Waals surface area contributed by atoms with E-state index in [-0.39, 0.29) is 0 Å². The van der Waals surface area contributed by atoms with Crippen molar-refractivity contribution in [3.63, 3.8) is 0 Å². The first-order chi connectivity index (χ1) is 8.59. The van der Waals surface area contributed by atoms with Crippen molar-refractivity contribution in [1.82, 2.24) is 5.32 Å². The van der Waals surface area contributed by atoms with Crippen LogP contribution in [0.5, 0.6) is 0 Å². The second-order valence-corrected chi connectivity index (χ2v) is 5.38. The minimum absolute atomic E-state index is 0.347. The Morgan fingerprint density at radius 2 is 1.83 bits per heavy atom. The lowest BCUT2D eigenvalue weighted by Gasteiger charge is -2.27. The summed E-state index contributed by atoms with van der Waals surface area (Å²) in [5.41, 5.74) is 0.710. The lowest BCUT2D eigenvalue weighted by atomic mass is 9.98. The Morgan fingerprint density at radius 1 is 1.17 bits per heavy atom. The van der Waals surface area contributed by atoms with Gasteiger partial charge in [0, 0.05) is 12.6 Å². The van der Waals surface area contributed by atoms with Gasteiger partial charge in [0.1, 0.15) is 0 Å². The van der Waals surface area contributed by atoms with Crippen LogP contribution < -0.4 is 5.32 Å². The molecule has 18 heavy (non-hydrogen) atoms. The van der Waals surface area contributed by atoms with Crippen LogP contribution in [-0.2, 0) is 0 Å². The van der Waals surface area contributed by atoms with Crippen molar-refractivity contribution < 1.29 is 5.11 Å². The van der Waals surface area contributed by atoms with E-state index in [9.17, 15) is 5.11 Å². The third kappa shape index (κ3) is 5.19. The molecule has 2 nitrogen and oxygen atoms in total. The fourth-order valence-electron chi connectivity index (χ4n) is 2.33. The summed E-state index contributed by atoms with van der Waals surface area (Å²) in [6.07, 6.45) is 4.10. The molecule has 2 unspecified atom stereocenters. The van der Waals surface area contributed by atoms with Crippen LogP contribution in [0.15, 0.2) is 30.3 Å². The summed E-state index contributed by atoms with van der Waals surface area (Å²) in [5.74, 6) is 0. The van der Waals surface area contributed by atoms with Crippen molar-refractivity contribution in [3.05, 3.63) is 35.9 Å². The van der Waals surface area contributed by atoms with Crippen LogP contribution >= 0.6 is 0 Å². The maximum Gasteiger partial charge on any atom is 0.0743 e. The van der Waals surface area contributed by atoms with E-state index < -0.39 is 5.60 Å². The Morgan fingerprint density at radius 3 is 2.39 bits per heavy atom. The van der Waals surface area contributed by atoms with Crippen LogP contribution in [0.4, 0.5) is 0 Å². The van der Waals surface area contributed by atoms with Crippen molar-refractivity contribution in [3.8, 4) is 0 Å². The number of nitrogens with one attached hydrogen (secondary N) is 1. The standard InChI is InChI=1S/C16H27NO/c1-4-9-15(14-10-7-6-8-11-14)17-13-16(3,18)12-5-2/h6-8,10-11,15,17-18H,4-5,9,12-13H2,1-3H3. The maximum absolute atomic E-state index is 10.2. The van der Waals surface area contributed by atoms with Gasteiger partial charge in [-0.15, -0.1) is 0 Å². The Bertz CT molecular complexity index is 321. The average Bonchev–Trinajstić information content (AvgIpc) is 2.35. The molecule has 0 aromatic heterocycles. The van der Waals surface area contributed by atoms with Crippen molar-refractivity contribution in [2.75, 3.05) is 6.54 Å². The summed E-state index contributed by atoms with van der Waals surface area (Å²) in [5, 5.41) is 13.7. The molecule has 1 rings (SSSR count). The van der Waals surface area contributed by atoms with E-state index in [1.165, 1.54) is 5.56 Å². The van der Waals surface area contributed by atoms with Gasteiger partial charge in [-0.2, -0.15) is 0 Å². The molecule has 2 atom stereocenters. The summed E-state index contributed by atoms with van der Waals surface area (Å²) in [4.78, 5) is 0. The smallest absolute Gasteiger partial charge is 0.0743 e. The molecule has 2 heteroatoms. The summed E-state index contributed by atoms with van der Waals surface area (Å²) in [7, 11) is 0. The van der Waals surface area contributed by atoms with Gasteiger partial charge in [-0.05, 0) is 25.3 Å². The largest absolute Gasteiger partial charge is 0.389 e. The van der Waals surface area contributed by atoms with Crippen LogP contribution in [0.3, 0.4) is 0 Å². The van der Waals surface area contributed by atoms with E-state index in [0.717, 1.165) is 25.7 Å². The van der Waals surface area contributed by atoms with E-state index in [2.05, 4.69) is 43.4 Å². The minimum atomic E-state index is -0.602. The summed E-state index contributed by atoms with van der Waals surface area (Å²) in [6, 6.07) is 10.8. The van der Waals surface area contributed by atoms with Gasteiger partial charge in [0.15, 0.2) is 0 Å². The van der Waals surface area contributed by atoms with Crippen LogP contribution in [0.2, 0.25) is 0 Å². The summed E-state index contributed by atoms with van der Waals surface area (Å²) >= 11 is 0. The predicted molar refractivity (Wildman–Crippen MR) is 77.6 cm³/mol. The molecule has 0 spiro atoms. The first kappa shape index (κ1) is 15.2. The highest BCUT2D eigenvalue weighted by Gasteiger charge is 2.20. The lowest BCUT2D eigenvalue weighted by molar-refractivity contribution is 0.0468. The zero-order valence-corrected chi connectivity index (χ0v) is 11.9. The van der Waals surface area contributed by atoms with E-state index in [4.69, 9.17) is 0 Å². The molecule has 0 aliphatic heterocycles. The van der Waals surface area contributed by atoms with Crippen LogP contribution in [0.1, 0.15) is 58.1 Å². The molecule has 0 fully saturated rings. The number of hydrogen-bond acceptors (Lipinski definition) is 2. The van der Waals surface area contributed by atoms with E-state index in [1.807, 2.05) is 13.0 Å². The highest BCUT2D eigenvalue weighted by atomic mass is 16.3. The first-order valence-corrected chi connectivity index (χ1v) is 7.09. The Kier molecular flexibility index (Phi) is 6.37. The molecule has 0 heterocycles. The van der Waals surface area contributed by atoms with Gasteiger partial charge < -0.3 is 10.4 Å². The van der Waals surface area contributed by atoms with E-state index in [1.54, 1.807) is 0 Å². The first-order valence-electron chi connectivity index (χ1n) is 7.09. The topological polar surface area (TPSA) is 32.3 Å². The summed E-state index contributed by atoms with van der Waals surface area (Å²) in [6.45, 7) is 6.87. The number of hydrogen-bond donors (Lipinski definition) is 2. The van der Waals surface area contributed by atoms with Gasteiger partial charge in [0.25, 0.3) is 0 Å². The van der Waals surface area contributed by atoms with Gasteiger partial charge in [-0.25, -0.2) is 0 Å². The molecule has 1 aromatic carbocycles. The number of aliphatic hydroxyl groups is 1. The normalized spacial score (nSPS) is 16.2. The van der Waals surface area contributed by atoms with Gasteiger partial charge in [-0.1, -0.05) is 57.0 Å². The molecule has 0 aliphatic rings. The number of benzene rings is 1. The molecule has 1 aromatic rings. The second-order valence-electron chi connectivity index (χ2n) is 5.38. The Labute approximate surface area is 111 Å². The van der Waals surface area contributed by atoms with Gasteiger partial charge in [0.2, 0.25) is 0 Å². The predicted octanol–water partition coefficient (Wildman–Crippen LogP) is 3.67. The highest BCUT2D eigenvalue weighted by molar-refractivity contribution is 5.18. The van der Waals surface area contributed by atoms with Crippen molar-refractivity contribution >= 4 is 0 Å². The third-order valence-electron chi connectivity index (χ3n) is 3.30. The van der Waals surface area contributed by atoms with Crippen LogP contribution in [0.25, 0.3) is 0 Å². The van der Waals surface area contributed by atoms with E-state index >= 15 is 0 Å². The molecule has 0 saturated heterocycles. The maximum atomic E-state index is 10.2. The molecule has 0 bridgehead atoms. The molecule has 0 saturated carbocycles. The molecule has 102 valence electrons. The van der Waals surface area contributed by atoms with E-state index in [0.29, 0.717) is 12.6 Å².